The third-order valence-corrected chi connectivity index (χ3v) is 6.08. The summed E-state index contributed by atoms with van der Waals surface area (Å²) in [4.78, 5) is 6.20. The summed E-state index contributed by atoms with van der Waals surface area (Å²) in [7, 11) is -3.65. The molecule has 1 aliphatic rings. The first-order valence-corrected chi connectivity index (χ1v) is 9.35. The maximum Gasteiger partial charge on any atom is 0.243 e. The zero-order valence-corrected chi connectivity index (χ0v) is 14.5. The van der Waals surface area contributed by atoms with Crippen molar-refractivity contribution < 1.29 is 12.8 Å². The third-order valence-electron chi connectivity index (χ3n) is 3.96. The minimum atomic E-state index is -3.65. The maximum atomic E-state index is 13.3. The summed E-state index contributed by atoms with van der Waals surface area (Å²) >= 11 is 5.77. The summed E-state index contributed by atoms with van der Waals surface area (Å²) in [6.07, 6.45) is 1.72. The van der Waals surface area contributed by atoms with Crippen molar-refractivity contribution in [1.82, 2.24) is 14.2 Å². The highest BCUT2D eigenvalue weighted by Gasteiger charge is 2.28. The van der Waals surface area contributed by atoms with Crippen LogP contribution in [0.5, 0.6) is 0 Å². The zero-order chi connectivity index (χ0) is 17.2. The molecule has 1 saturated heterocycles. The Bertz CT molecular complexity index is 806. The van der Waals surface area contributed by atoms with Gasteiger partial charge in [0.2, 0.25) is 10.0 Å². The van der Waals surface area contributed by atoms with Crippen LogP contribution in [0.2, 0.25) is 5.15 Å². The van der Waals surface area contributed by atoms with Gasteiger partial charge in [-0.2, -0.15) is 4.31 Å². The van der Waals surface area contributed by atoms with Gasteiger partial charge in [-0.3, -0.25) is 4.90 Å². The highest BCUT2D eigenvalue weighted by molar-refractivity contribution is 7.89. The number of benzene rings is 1. The summed E-state index contributed by atoms with van der Waals surface area (Å²) in [5.41, 5.74) is 1.03. The topological polar surface area (TPSA) is 53.5 Å². The molecule has 2 heterocycles. The minimum Gasteiger partial charge on any atom is -0.296 e. The van der Waals surface area contributed by atoms with Gasteiger partial charge in [-0.15, -0.1) is 0 Å². The lowest BCUT2D eigenvalue weighted by atomic mass is 10.2. The van der Waals surface area contributed by atoms with Gasteiger partial charge < -0.3 is 0 Å². The molecule has 0 amide bonds. The van der Waals surface area contributed by atoms with Gasteiger partial charge in [-0.1, -0.05) is 23.7 Å². The lowest BCUT2D eigenvalue weighted by molar-refractivity contribution is 0.181. The van der Waals surface area contributed by atoms with Crippen LogP contribution >= 0.6 is 11.6 Å². The molecule has 0 bridgehead atoms. The van der Waals surface area contributed by atoms with Gasteiger partial charge in [0.15, 0.2) is 0 Å². The summed E-state index contributed by atoms with van der Waals surface area (Å²) in [5.74, 6) is -0.551. The fourth-order valence-electron chi connectivity index (χ4n) is 2.66. The highest BCUT2D eigenvalue weighted by atomic mass is 35.5. The Kier molecular flexibility index (Phi) is 5.15. The van der Waals surface area contributed by atoms with Crippen LogP contribution < -0.4 is 0 Å². The summed E-state index contributed by atoms with van der Waals surface area (Å²) in [5, 5.41) is 0.449. The molecule has 0 atom stereocenters. The molecule has 0 spiro atoms. The first kappa shape index (κ1) is 17.3. The van der Waals surface area contributed by atoms with Crippen LogP contribution in [0.1, 0.15) is 5.56 Å². The molecule has 5 nitrogen and oxygen atoms in total. The monoisotopic (exact) mass is 369 g/mol. The first-order chi connectivity index (χ1) is 11.4. The first-order valence-electron chi connectivity index (χ1n) is 7.54. The van der Waals surface area contributed by atoms with Gasteiger partial charge in [0.25, 0.3) is 0 Å². The van der Waals surface area contributed by atoms with Crippen molar-refractivity contribution in [3.05, 3.63) is 59.1 Å². The van der Waals surface area contributed by atoms with Crippen LogP contribution in [0, 0.1) is 5.82 Å². The van der Waals surface area contributed by atoms with E-state index in [1.54, 1.807) is 12.3 Å². The number of aromatic nitrogens is 1. The van der Waals surface area contributed by atoms with Gasteiger partial charge >= 0.3 is 0 Å². The average Bonchev–Trinajstić information content (AvgIpc) is 2.57. The Morgan fingerprint density at radius 3 is 2.50 bits per heavy atom. The Labute approximate surface area is 145 Å². The average molecular weight is 370 g/mol. The highest BCUT2D eigenvalue weighted by Crippen LogP contribution is 2.19. The molecular formula is C16H17ClFN3O2S. The molecule has 1 fully saturated rings. The van der Waals surface area contributed by atoms with E-state index in [1.165, 1.54) is 22.5 Å². The Morgan fingerprint density at radius 1 is 1.12 bits per heavy atom. The number of hydrogen-bond acceptors (Lipinski definition) is 4. The van der Waals surface area contributed by atoms with E-state index in [0.29, 0.717) is 37.9 Å². The molecule has 8 heteroatoms. The number of piperazine rings is 1. The van der Waals surface area contributed by atoms with Gasteiger partial charge in [-0.25, -0.2) is 17.8 Å². The molecule has 3 rings (SSSR count). The second-order valence-corrected chi connectivity index (χ2v) is 7.95. The van der Waals surface area contributed by atoms with Gasteiger partial charge in [-0.05, 0) is 29.8 Å². The molecule has 0 N–H and O–H groups in total. The molecule has 0 aliphatic carbocycles. The fraction of sp³-hybridized carbons (Fsp3) is 0.312. The van der Waals surface area contributed by atoms with E-state index >= 15 is 0 Å². The van der Waals surface area contributed by atoms with Gasteiger partial charge in [0.05, 0.1) is 4.90 Å². The van der Waals surface area contributed by atoms with E-state index in [2.05, 4.69) is 9.88 Å². The minimum absolute atomic E-state index is 0.00199. The number of sulfonamides is 1. The van der Waals surface area contributed by atoms with Crippen LogP contribution in [0.4, 0.5) is 4.39 Å². The summed E-state index contributed by atoms with van der Waals surface area (Å²) in [6.45, 7) is 2.66. The molecule has 1 aliphatic heterocycles. The van der Waals surface area contributed by atoms with Crippen molar-refractivity contribution in [3.63, 3.8) is 0 Å². The molecule has 2 aromatic rings. The van der Waals surface area contributed by atoms with Crippen molar-refractivity contribution in [2.24, 2.45) is 0 Å². The Hall–Kier alpha value is -1.54. The smallest absolute Gasteiger partial charge is 0.243 e. The van der Waals surface area contributed by atoms with E-state index in [4.69, 9.17) is 11.6 Å². The number of pyridine rings is 1. The number of hydrogen-bond donors (Lipinski definition) is 0. The molecule has 1 aromatic carbocycles. The Balaban J connectivity index is 1.63. The van der Waals surface area contributed by atoms with Crippen LogP contribution in [-0.2, 0) is 16.6 Å². The van der Waals surface area contributed by atoms with Crippen molar-refractivity contribution in [2.45, 2.75) is 11.4 Å². The molecular weight excluding hydrogens is 353 g/mol. The fourth-order valence-corrected chi connectivity index (χ4v) is 4.23. The maximum absolute atomic E-state index is 13.3. The zero-order valence-electron chi connectivity index (χ0n) is 12.9. The Morgan fingerprint density at radius 2 is 1.88 bits per heavy atom. The number of halogens is 2. The molecule has 128 valence electrons. The molecule has 0 saturated carbocycles. The molecule has 24 heavy (non-hydrogen) atoms. The lowest BCUT2D eigenvalue weighted by Gasteiger charge is -2.33. The van der Waals surface area contributed by atoms with Gasteiger partial charge in [0, 0.05) is 38.9 Å². The normalized spacial score (nSPS) is 17.1. The van der Waals surface area contributed by atoms with E-state index in [0.717, 1.165) is 11.6 Å². The van der Waals surface area contributed by atoms with Gasteiger partial charge in [0.1, 0.15) is 11.0 Å². The molecule has 0 radical (unpaired) electrons. The quantitative estimate of drug-likeness (QED) is 0.776. The van der Waals surface area contributed by atoms with Crippen LogP contribution in [0.25, 0.3) is 0 Å². The van der Waals surface area contributed by atoms with Crippen LogP contribution in [-0.4, -0.2) is 48.8 Å². The predicted molar refractivity (Wildman–Crippen MR) is 89.7 cm³/mol. The third kappa shape index (κ3) is 3.92. The standard InChI is InChI=1S/C16H17ClFN3O2S/c17-16-5-4-13(11-19-16)12-20-6-8-21(9-7-20)24(22,23)15-3-1-2-14(18)10-15/h1-5,10-11H,6-9,12H2. The molecule has 1 aromatic heterocycles. The van der Waals surface area contributed by atoms with E-state index in [-0.39, 0.29) is 4.90 Å². The van der Waals surface area contributed by atoms with Crippen molar-refractivity contribution in [2.75, 3.05) is 26.2 Å². The van der Waals surface area contributed by atoms with E-state index in [9.17, 15) is 12.8 Å². The number of nitrogens with zero attached hydrogens (tertiary/aromatic N) is 3. The van der Waals surface area contributed by atoms with Crippen LogP contribution in [0.15, 0.2) is 47.5 Å². The van der Waals surface area contributed by atoms with Crippen molar-refractivity contribution >= 4 is 21.6 Å². The number of rotatable bonds is 4. The predicted octanol–water partition coefficient (Wildman–Crippen LogP) is 2.38. The largest absolute Gasteiger partial charge is 0.296 e. The second kappa shape index (κ2) is 7.14. The van der Waals surface area contributed by atoms with Crippen LogP contribution in [0.3, 0.4) is 0 Å². The van der Waals surface area contributed by atoms with E-state index < -0.39 is 15.8 Å². The lowest BCUT2D eigenvalue weighted by Crippen LogP contribution is -2.48. The second-order valence-electron chi connectivity index (χ2n) is 5.63. The van der Waals surface area contributed by atoms with Crippen molar-refractivity contribution in [1.29, 1.82) is 0 Å². The van der Waals surface area contributed by atoms with E-state index in [1.807, 2.05) is 6.07 Å². The molecule has 0 unspecified atom stereocenters. The SMILES string of the molecule is O=S(=O)(c1cccc(F)c1)N1CCN(Cc2ccc(Cl)nc2)CC1. The van der Waals surface area contributed by atoms with Crippen molar-refractivity contribution in [3.8, 4) is 0 Å². The summed E-state index contributed by atoms with van der Waals surface area (Å²) in [6, 6.07) is 8.76. The summed E-state index contributed by atoms with van der Waals surface area (Å²) < 4.78 is 39.8.